The molecular formula is C16H13ClFN3. The van der Waals surface area contributed by atoms with Crippen LogP contribution >= 0.6 is 11.6 Å². The topological polar surface area (TPSA) is 43.8 Å². The monoisotopic (exact) mass is 301 g/mol. The van der Waals surface area contributed by atoms with Gasteiger partial charge in [0.2, 0.25) is 0 Å². The standard InChI is InChI=1S/C16H13ClFN3/c17-11-6-7-13(14(18)10-11)16(19)15-8-9-20-21(15)12-4-2-1-3-5-12/h1-10,16H,19H2. The lowest BCUT2D eigenvalue weighted by atomic mass is 10.0. The van der Waals surface area contributed by atoms with Gasteiger partial charge in [-0.1, -0.05) is 35.9 Å². The van der Waals surface area contributed by atoms with E-state index in [1.807, 2.05) is 30.3 Å². The largest absolute Gasteiger partial charge is 0.319 e. The summed E-state index contributed by atoms with van der Waals surface area (Å²) in [5.74, 6) is -0.421. The normalized spacial score (nSPS) is 12.3. The van der Waals surface area contributed by atoms with Crippen molar-refractivity contribution in [2.24, 2.45) is 5.73 Å². The Bertz CT molecular complexity index is 755. The molecule has 3 rings (SSSR count). The Labute approximate surface area is 126 Å². The van der Waals surface area contributed by atoms with Gasteiger partial charge in [-0.25, -0.2) is 9.07 Å². The van der Waals surface area contributed by atoms with Crippen LogP contribution in [-0.2, 0) is 0 Å². The maximum Gasteiger partial charge on any atom is 0.129 e. The first kappa shape index (κ1) is 13.8. The number of rotatable bonds is 3. The molecule has 5 heteroatoms. The number of aromatic nitrogens is 2. The lowest BCUT2D eigenvalue weighted by molar-refractivity contribution is 0.593. The van der Waals surface area contributed by atoms with Crippen LogP contribution in [0, 0.1) is 5.82 Å². The number of nitrogens with two attached hydrogens (primary N) is 1. The van der Waals surface area contributed by atoms with E-state index in [0.29, 0.717) is 16.3 Å². The average molecular weight is 302 g/mol. The highest BCUT2D eigenvalue weighted by Gasteiger charge is 2.18. The summed E-state index contributed by atoms with van der Waals surface area (Å²) in [6, 6.07) is 15.2. The SMILES string of the molecule is NC(c1ccc(Cl)cc1F)c1ccnn1-c1ccccc1. The summed E-state index contributed by atoms with van der Waals surface area (Å²) >= 11 is 5.78. The first-order chi connectivity index (χ1) is 10.2. The predicted octanol–water partition coefficient (Wildman–Crippen LogP) is 3.71. The highest BCUT2D eigenvalue weighted by atomic mass is 35.5. The third-order valence-corrected chi connectivity index (χ3v) is 3.52. The van der Waals surface area contributed by atoms with Crippen molar-refractivity contribution in [2.75, 3.05) is 0 Å². The number of para-hydroxylation sites is 1. The summed E-state index contributed by atoms with van der Waals surface area (Å²) in [5, 5.41) is 4.62. The van der Waals surface area contributed by atoms with E-state index in [1.165, 1.54) is 6.07 Å². The van der Waals surface area contributed by atoms with Crippen LogP contribution in [0.25, 0.3) is 5.69 Å². The van der Waals surface area contributed by atoms with E-state index in [0.717, 1.165) is 5.69 Å². The lowest BCUT2D eigenvalue weighted by Crippen LogP contribution is -2.18. The van der Waals surface area contributed by atoms with Gasteiger partial charge in [0.05, 0.1) is 17.4 Å². The lowest BCUT2D eigenvalue weighted by Gasteiger charge is -2.15. The van der Waals surface area contributed by atoms with E-state index in [9.17, 15) is 4.39 Å². The Kier molecular flexibility index (Phi) is 3.73. The van der Waals surface area contributed by atoms with Crippen molar-refractivity contribution in [1.82, 2.24) is 9.78 Å². The first-order valence-corrected chi connectivity index (χ1v) is 6.84. The quantitative estimate of drug-likeness (QED) is 0.801. The minimum Gasteiger partial charge on any atom is -0.319 e. The van der Waals surface area contributed by atoms with E-state index < -0.39 is 11.9 Å². The summed E-state index contributed by atoms with van der Waals surface area (Å²) in [6.07, 6.45) is 1.65. The minimum atomic E-state index is -0.620. The van der Waals surface area contributed by atoms with Gasteiger partial charge in [0, 0.05) is 16.8 Å². The number of benzene rings is 2. The average Bonchev–Trinajstić information content (AvgIpc) is 2.97. The van der Waals surface area contributed by atoms with Crippen LogP contribution in [0.5, 0.6) is 0 Å². The van der Waals surface area contributed by atoms with Crippen molar-refractivity contribution in [2.45, 2.75) is 6.04 Å². The van der Waals surface area contributed by atoms with Gasteiger partial charge in [-0.05, 0) is 30.3 Å². The third kappa shape index (κ3) is 2.68. The Hall–Kier alpha value is -2.17. The van der Waals surface area contributed by atoms with Crippen molar-refractivity contribution < 1.29 is 4.39 Å². The van der Waals surface area contributed by atoms with Gasteiger partial charge in [-0.15, -0.1) is 0 Å². The molecule has 0 bridgehead atoms. The molecule has 0 radical (unpaired) electrons. The van der Waals surface area contributed by atoms with Crippen LogP contribution in [0.15, 0.2) is 60.8 Å². The molecule has 3 nitrogen and oxygen atoms in total. The molecule has 0 saturated carbocycles. The maximum absolute atomic E-state index is 14.0. The summed E-state index contributed by atoms with van der Waals surface area (Å²) in [4.78, 5) is 0. The van der Waals surface area contributed by atoms with Crippen LogP contribution in [-0.4, -0.2) is 9.78 Å². The van der Waals surface area contributed by atoms with E-state index in [1.54, 1.807) is 29.1 Å². The van der Waals surface area contributed by atoms with Crippen LogP contribution in [0.3, 0.4) is 0 Å². The van der Waals surface area contributed by atoms with Crippen molar-refractivity contribution in [3.63, 3.8) is 0 Å². The van der Waals surface area contributed by atoms with Crippen molar-refractivity contribution in [3.05, 3.63) is 82.9 Å². The van der Waals surface area contributed by atoms with Crippen LogP contribution in [0.4, 0.5) is 4.39 Å². The second-order valence-corrected chi connectivity index (χ2v) is 5.08. The molecule has 0 aliphatic rings. The summed E-state index contributed by atoms with van der Waals surface area (Å²) in [5.41, 5.74) is 8.18. The van der Waals surface area contributed by atoms with Gasteiger partial charge in [0.15, 0.2) is 0 Å². The fourth-order valence-electron chi connectivity index (χ4n) is 2.25. The molecule has 0 spiro atoms. The second-order valence-electron chi connectivity index (χ2n) is 4.65. The summed E-state index contributed by atoms with van der Waals surface area (Å²) in [6.45, 7) is 0. The van der Waals surface area contributed by atoms with Gasteiger partial charge in [0.1, 0.15) is 5.82 Å². The molecule has 0 aliphatic carbocycles. The molecule has 1 unspecified atom stereocenters. The summed E-state index contributed by atoms with van der Waals surface area (Å²) < 4.78 is 15.7. The van der Waals surface area contributed by atoms with E-state index >= 15 is 0 Å². The van der Waals surface area contributed by atoms with E-state index in [-0.39, 0.29) is 0 Å². The molecular weight excluding hydrogens is 289 g/mol. The Balaban J connectivity index is 2.03. The van der Waals surface area contributed by atoms with Crippen LogP contribution in [0.1, 0.15) is 17.3 Å². The first-order valence-electron chi connectivity index (χ1n) is 6.46. The highest BCUT2D eigenvalue weighted by molar-refractivity contribution is 6.30. The van der Waals surface area contributed by atoms with Crippen LogP contribution in [0.2, 0.25) is 5.02 Å². The zero-order valence-corrected chi connectivity index (χ0v) is 11.8. The smallest absolute Gasteiger partial charge is 0.129 e. The predicted molar refractivity (Wildman–Crippen MR) is 81.0 cm³/mol. The zero-order chi connectivity index (χ0) is 14.8. The van der Waals surface area contributed by atoms with Gasteiger partial charge >= 0.3 is 0 Å². The Morgan fingerprint density at radius 1 is 1.10 bits per heavy atom. The fraction of sp³-hybridized carbons (Fsp3) is 0.0625. The number of hydrogen-bond donors (Lipinski definition) is 1. The van der Waals surface area contributed by atoms with Crippen molar-refractivity contribution >= 4 is 11.6 Å². The van der Waals surface area contributed by atoms with Gasteiger partial charge < -0.3 is 5.73 Å². The van der Waals surface area contributed by atoms with E-state index in [4.69, 9.17) is 17.3 Å². The Morgan fingerprint density at radius 2 is 1.86 bits per heavy atom. The molecule has 21 heavy (non-hydrogen) atoms. The molecule has 1 aromatic heterocycles. The molecule has 1 heterocycles. The Morgan fingerprint density at radius 3 is 2.57 bits per heavy atom. The maximum atomic E-state index is 14.0. The third-order valence-electron chi connectivity index (χ3n) is 3.29. The van der Waals surface area contributed by atoms with Crippen LogP contribution < -0.4 is 5.73 Å². The molecule has 0 saturated heterocycles. The second kappa shape index (κ2) is 5.68. The number of nitrogens with zero attached hydrogens (tertiary/aromatic N) is 2. The number of hydrogen-bond acceptors (Lipinski definition) is 2. The molecule has 1 atom stereocenters. The van der Waals surface area contributed by atoms with Gasteiger partial charge in [0.25, 0.3) is 0 Å². The minimum absolute atomic E-state index is 0.347. The van der Waals surface area contributed by atoms with E-state index in [2.05, 4.69) is 5.10 Å². The molecule has 0 amide bonds. The molecule has 0 fully saturated rings. The van der Waals surface area contributed by atoms with Gasteiger partial charge in [-0.3, -0.25) is 0 Å². The van der Waals surface area contributed by atoms with Crippen molar-refractivity contribution in [1.29, 1.82) is 0 Å². The highest BCUT2D eigenvalue weighted by Crippen LogP contribution is 2.25. The van der Waals surface area contributed by atoms with Gasteiger partial charge in [-0.2, -0.15) is 5.10 Å². The molecule has 2 aromatic carbocycles. The molecule has 2 N–H and O–H groups in total. The summed E-state index contributed by atoms with van der Waals surface area (Å²) in [7, 11) is 0. The molecule has 3 aromatic rings. The zero-order valence-electron chi connectivity index (χ0n) is 11.1. The molecule has 0 aliphatic heterocycles. The molecule has 106 valence electrons. The number of halogens is 2. The van der Waals surface area contributed by atoms with Crippen molar-refractivity contribution in [3.8, 4) is 5.69 Å². The fourth-order valence-corrected chi connectivity index (χ4v) is 2.41.